The molecule has 4 atom stereocenters. The number of carbonyl (C=O) groups excluding carboxylic acids is 1. The van der Waals surface area contributed by atoms with E-state index in [0.717, 1.165) is 84.6 Å². The molecule has 1 saturated heterocycles. The Morgan fingerprint density at radius 2 is 1.70 bits per heavy atom. The minimum atomic E-state index is -0.596. The summed E-state index contributed by atoms with van der Waals surface area (Å²) < 4.78 is 13.4. The number of aliphatic hydroxyl groups is 1. The molecule has 1 aliphatic heterocycles. The summed E-state index contributed by atoms with van der Waals surface area (Å²) in [6, 6.07) is 21.8. The van der Waals surface area contributed by atoms with Crippen LogP contribution >= 0.6 is 0 Å². The van der Waals surface area contributed by atoms with Gasteiger partial charge in [0.25, 0.3) is 0 Å². The molecule has 244 valence electrons. The van der Waals surface area contributed by atoms with Crippen LogP contribution in [0.1, 0.15) is 80.2 Å². The zero-order chi connectivity index (χ0) is 31.7. The smallest absolute Gasteiger partial charge is 0.319 e. The Balaban J connectivity index is 1.05. The lowest BCUT2D eigenvalue weighted by atomic mass is 9.53. The van der Waals surface area contributed by atoms with Gasteiger partial charge in [-0.3, -0.25) is 4.98 Å². The highest BCUT2D eigenvalue weighted by Crippen LogP contribution is 2.55. The number of nitrogens with zero attached hydrogens (tertiary/aromatic N) is 2. The third kappa shape index (κ3) is 7.00. The molecule has 1 aromatic heterocycles. The maximum atomic E-state index is 13.3. The fourth-order valence-corrected chi connectivity index (χ4v) is 9.01. The summed E-state index contributed by atoms with van der Waals surface area (Å²) >= 11 is 0. The molecule has 5 fully saturated rings. The van der Waals surface area contributed by atoms with Gasteiger partial charge in [0.05, 0.1) is 18.8 Å². The van der Waals surface area contributed by atoms with Crippen LogP contribution in [0.2, 0.25) is 0 Å². The minimum absolute atomic E-state index is 0.00696. The van der Waals surface area contributed by atoms with Gasteiger partial charge < -0.3 is 30.1 Å². The van der Waals surface area contributed by atoms with Crippen molar-refractivity contribution < 1.29 is 19.4 Å². The van der Waals surface area contributed by atoms with Gasteiger partial charge in [-0.15, -0.1) is 0 Å². The number of hydrogen-bond acceptors (Lipinski definition) is 6. The topological polar surface area (TPSA) is 96.0 Å². The first-order valence-corrected chi connectivity index (χ1v) is 17.1. The van der Waals surface area contributed by atoms with Crippen molar-refractivity contribution in [2.45, 2.75) is 82.5 Å². The van der Waals surface area contributed by atoms with Crippen molar-refractivity contribution in [2.24, 2.45) is 23.7 Å². The molecule has 8 rings (SSSR count). The lowest BCUT2D eigenvalue weighted by molar-refractivity contribution is -0.275. The summed E-state index contributed by atoms with van der Waals surface area (Å²) in [4.78, 5) is 20.1. The SMILES string of the molecule is CC1C(CN(C)CCc2ccccn2)OC(c2cccc(NC(=O)NC34CC5CC(CC(C5)C3)C4)c2)OC1c1ccc(CO)cc1. The predicted octanol–water partition coefficient (Wildman–Crippen LogP) is 6.63. The quantitative estimate of drug-likeness (QED) is 0.234. The van der Waals surface area contributed by atoms with E-state index in [-0.39, 0.29) is 36.3 Å². The molecule has 0 spiro atoms. The number of hydrogen-bond donors (Lipinski definition) is 3. The van der Waals surface area contributed by atoms with Gasteiger partial charge in [-0.05, 0) is 98.7 Å². The second-order valence-corrected chi connectivity index (χ2v) is 14.6. The molecule has 4 bridgehead atoms. The molecule has 2 amide bonds. The highest BCUT2D eigenvalue weighted by molar-refractivity contribution is 5.90. The minimum Gasteiger partial charge on any atom is -0.392 e. The average Bonchev–Trinajstić information content (AvgIpc) is 3.04. The average molecular weight is 625 g/mol. The highest BCUT2D eigenvalue weighted by atomic mass is 16.7. The molecule has 4 aliphatic carbocycles. The van der Waals surface area contributed by atoms with Crippen LogP contribution in [0.3, 0.4) is 0 Å². The van der Waals surface area contributed by atoms with Gasteiger partial charge in [-0.25, -0.2) is 4.79 Å². The number of ether oxygens (including phenoxy) is 2. The van der Waals surface area contributed by atoms with Crippen LogP contribution in [0, 0.1) is 23.7 Å². The number of urea groups is 1. The van der Waals surface area contributed by atoms with Crippen LogP contribution in [0.5, 0.6) is 0 Å². The summed E-state index contributed by atoms with van der Waals surface area (Å²) in [5.41, 5.74) is 4.57. The molecule has 3 N–H and O–H groups in total. The van der Waals surface area contributed by atoms with Crippen LogP contribution in [0.15, 0.2) is 72.9 Å². The normalized spacial score (nSPS) is 31.6. The number of nitrogens with one attached hydrogen (secondary N) is 2. The van der Waals surface area contributed by atoms with Gasteiger partial charge in [0.2, 0.25) is 0 Å². The van der Waals surface area contributed by atoms with Gasteiger partial charge in [0, 0.05) is 54.1 Å². The summed E-state index contributed by atoms with van der Waals surface area (Å²) in [5.74, 6) is 2.40. The van der Waals surface area contributed by atoms with Crippen LogP contribution < -0.4 is 10.6 Å². The Morgan fingerprint density at radius 3 is 2.37 bits per heavy atom. The Bertz CT molecular complexity index is 1450. The van der Waals surface area contributed by atoms with Crippen LogP contribution in [0.4, 0.5) is 10.5 Å². The number of aliphatic hydroxyl groups excluding tert-OH is 1. The molecule has 4 unspecified atom stereocenters. The second kappa shape index (κ2) is 13.4. The van der Waals surface area contributed by atoms with E-state index < -0.39 is 6.29 Å². The zero-order valence-corrected chi connectivity index (χ0v) is 27.1. The van der Waals surface area contributed by atoms with E-state index in [9.17, 15) is 9.90 Å². The van der Waals surface area contributed by atoms with Crippen molar-refractivity contribution in [2.75, 3.05) is 25.5 Å². The fraction of sp³-hybridized carbons (Fsp3) is 0.526. The van der Waals surface area contributed by atoms with Crippen LogP contribution in [-0.2, 0) is 22.5 Å². The third-order valence-electron chi connectivity index (χ3n) is 10.9. The van der Waals surface area contributed by atoms with E-state index in [1.807, 2.05) is 66.9 Å². The number of rotatable bonds is 10. The maximum absolute atomic E-state index is 13.3. The molecule has 2 aromatic carbocycles. The molecule has 8 nitrogen and oxygen atoms in total. The molecule has 46 heavy (non-hydrogen) atoms. The van der Waals surface area contributed by atoms with E-state index in [2.05, 4.69) is 40.6 Å². The first-order chi connectivity index (χ1) is 22.3. The predicted molar refractivity (Wildman–Crippen MR) is 178 cm³/mol. The van der Waals surface area contributed by atoms with Gasteiger partial charge in [-0.2, -0.15) is 0 Å². The summed E-state index contributed by atoms with van der Waals surface area (Å²) in [6.07, 6.45) is 9.21. The number of likely N-dealkylation sites (N-methyl/N-ethyl adjacent to an activating group) is 1. The molecule has 5 aliphatic rings. The van der Waals surface area contributed by atoms with Crippen molar-refractivity contribution >= 4 is 11.7 Å². The highest BCUT2D eigenvalue weighted by Gasteiger charge is 2.51. The van der Waals surface area contributed by atoms with Crippen molar-refractivity contribution in [3.63, 3.8) is 0 Å². The summed E-state index contributed by atoms with van der Waals surface area (Å²) in [7, 11) is 2.13. The lowest BCUT2D eigenvalue weighted by Gasteiger charge is -2.56. The van der Waals surface area contributed by atoms with E-state index in [1.165, 1.54) is 19.3 Å². The molecule has 3 aromatic rings. The van der Waals surface area contributed by atoms with Crippen molar-refractivity contribution in [3.05, 3.63) is 95.3 Å². The molecule has 4 saturated carbocycles. The third-order valence-corrected chi connectivity index (χ3v) is 10.9. The molecule has 0 radical (unpaired) electrons. The van der Waals surface area contributed by atoms with E-state index in [0.29, 0.717) is 0 Å². The first-order valence-electron chi connectivity index (χ1n) is 17.1. The van der Waals surface area contributed by atoms with Crippen LogP contribution in [-0.4, -0.2) is 52.8 Å². The van der Waals surface area contributed by atoms with Gasteiger partial charge in [0.15, 0.2) is 6.29 Å². The van der Waals surface area contributed by atoms with E-state index >= 15 is 0 Å². The van der Waals surface area contributed by atoms with E-state index in [4.69, 9.17) is 9.47 Å². The summed E-state index contributed by atoms with van der Waals surface area (Å²) in [5, 5.41) is 16.2. The number of carbonyl (C=O) groups is 1. The van der Waals surface area contributed by atoms with E-state index in [1.54, 1.807) is 0 Å². The molecular formula is C38H48N4O4. The van der Waals surface area contributed by atoms with Crippen molar-refractivity contribution in [1.82, 2.24) is 15.2 Å². The standard InChI is InChI=1S/C38H48N4O4/c1-25-34(23-42(2)15-13-32-7-3-4-14-39-32)45-36(46-35(25)30-11-9-26(24-43)10-12-30)31-6-5-8-33(19-31)40-37(44)41-38-20-27-16-28(21-38)18-29(17-27)22-38/h3-12,14,19,25,27-29,34-36,43H,13,15-18,20-24H2,1-2H3,(H2,40,41,44). The molecular weight excluding hydrogens is 576 g/mol. The number of anilines is 1. The zero-order valence-electron chi connectivity index (χ0n) is 27.1. The Morgan fingerprint density at radius 1 is 0.957 bits per heavy atom. The largest absolute Gasteiger partial charge is 0.392 e. The van der Waals surface area contributed by atoms with Gasteiger partial charge >= 0.3 is 6.03 Å². The number of benzene rings is 2. The molecule has 2 heterocycles. The van der Waals surface area contributed by atoms with Crippen molar-refractivity contribution in [3.8, 4) is 0 Å². The Hall–Kier alpha value is -3.30. The van der Waals surface area contributed by atoms with Crippen LogP contribution in [0.25, 0.3) is 0 Å². The molecule has 8 heteroatoms. The monoisotopic (exact) mass is 624 g/mol. The maximum Gasteiger partial charge on any atom is 0.319 e. The first kappa shape index (κ1) is 31.3. The number of amides is 2. The Kier molecular flexibility index (Phi) is 9.14. The summed E-state index contributed by atoms with van der Waals surface area (Å²) in [6.45, 7) is 3.80. The number of pyridine rings is 1. The van der Waals surface area contributed by atoms with Crippen molar-refractivity contribution in [1.29, 1.82) is 0 Å². The van der Waals surface area contributed by atoms with Gasteiger partial charge in [-0.1, -0.05) is 49.4 Å². The van der Waals surface area contributed by atoms with Gasteiger partial charge in [0.1, 0.15) is 0 Å². The number of aromatic nitrogens is 1. The second-order valence-electron chi connectivity index (χ2n) is 14.6. The Labute approximate surface area is 272 Å². The fourth-order valence-electron chi connectivity index (χ4n) is 9.01. The lowest BCUT2D eigenvalue weighted by Crippen LogP contribution is -2.60.